The van der Waals surface area contributed by atoms with Crippen LogP contribution in [0.3, 0.4) is 0 Å². The van der Waals surface area contributed by atoms with Crippen LogP contribution in [0.15, 0.2) is 23.1 Å². The molecule has 1 atom stereocenters. The third-order valence-corrected chi connectivity index (χ3v) is 3.32. The van der Waals surface area contributed by atoms with Crippen LogP contribution in [-0.2, 0) is 15.6 Å². The first-order valence-corrected chi connectivity index (χ1v) is 5.96. The first-order valence-electron chi connectivity index (χ1n) is 4.81. The van der Waals surface area contributed by atoms with Crippen molar-refractivity contribution in [3.05, 3.63) is 24.0 Å². The molecule has 1 aromatic carbocycles. The first-order chi connectivity index (χ1) is 8.66. The lowest BCUT2D eigenvalue weighted by Gasteiger charge is -2.15. The third kappa shape index (κ3) is 3.49. The van der Waals surface area contributed by atoms with Gasteiger partial charge in [0.05, 0.1) is 5.69 Å². The summed E-state index contributed by atoms with van der Waals surface area (Å²) in [7, 11) is -3.39. The first kappa shape index (κ1) is 15.5. The van der Waals surface area contributed by atoms with Gasteiger partial charge in [0.15, 0.2) is 0 Å². The Morgan fingerprint density at radius 3 is 2.37 bits per heavy atom. The molecule has 0 saturated heterocycles. The van der Waals surface area contributed by atoms with E-state index in [0.29, 0.717) is 6.07 Å². The van der Waals surface area contributed by atoms with Crippen molar-refractivity contribution in [1.29, 1.82) is 0 Å². The van der Waals surface area contributed by atoms with Gasteiger partial charge in [-0.25, -0.2) is 17.4 Å². The number of rotatable bonds is 4. The van der Waals surface area contributed by atoms with Crippen molar-refractivity contribution in [3.63, 3.8) is 0 Å². The van der Waals surface area contributed by atoms with Crippen molar-refractivity contribution < 1.29 is 31.0 Å². The van der Waals surface area contributed by atoms with E-state index in [1.807, 2.05) is 0 Å². The molecular formula is C10H8F5NO2S. The topological polar surface area (TPSA) is 46.2 Å². The second-order valence-corrected chi connectivity index (χ2v) is 5.01. The number of nitrogens with one attached hydrogen (secondary N) is 1. The second-order valence-electron chi connectivity index (χ2n) is 3.45. The van der Waals surface area contributed by atoms with Gasteiger partial charge in [-0.05, 0) is 18.2 Å². The molecule has 19 heavy (non-hydrogen) atoms. The molecule has 9 heteroatoms. The van der Waals surface area contributed by atoms with E-state index < -0.39 is 39.1 Å². The zero-order valence-electron chi connectivity index (χ0n) is 9.42. The normalized spacial score (nSPS) is 13.4. The molecule has 0 aliphatic rings. The fourth-order valence-corrected chi connectivity index (χ4v) is 2.02. The molecular weight excluding hydrogens is 293 g/mol. The second kappa shape index (κ2) is 5.64. The Morgan fingerprint density at radius 2 is 1.95 bits per heavy atom. The summed E-state index contributed by atoms with van der Waals surface area (Å²) in [6.45, 7) is 1.09. The summed E-state index contributed by atoms with van der Waals surface area (Å²) in [5, 5.41) is -2.72. The van der Waals surface area contributed by atoms with E-state index in [0.717, 1.165) is 19.1 Å². The molecule has 0 saturated carbocycles. The molecule has 1 aromatic rings. The maximum Gasteiger partial charge on any atom is 0.384 e. The maximum atomic E-state index is 13.4. The fourth-order valence-electron chi connectivity index (χ4n) is 1.14. The highest BCUT2D eigenvalue weighted by molar-refractivity contribution is 7.86. The summed E-state index contributed by atoms with van der Waals surface area (Å²) < 4.78 is 74.3. The molecule has 0 fully saturated rings. The molecule has 0 bridgehead atoms. The number of benzene rings is 1. The van der Waals surface area contributed by atoms with Crippen molar-refractivity contribution in [2.45, 2.75) is 23.5 Å². The molecule has 0 radical (unpaired) electrons. The summed E-state index contributed by atoms with van der Waals surface area (Å²) in [6.07, 6.45) is -4.13. The molecule has 1 rings (SSSR count). The quantitative estimate of drug-likeness (QED) is 0.869. The van der Waals surface area contributed by atoms with Gasteiger partial charge in [-0.3, -0.25) is 4.79 Å². The average Bonchev–Trinajstić information content (AvgIpc) is 2.30. The molecule has 0 aromatic heterocycles. The third-order valence-electron chi connectivity index (χ3n) is 1.97. The number of hydrogen-bond donors (Lipinski definition) is 1. The SMILES string of the molecule is CC(=O)Nc1ccc(S(=O)C(F)(F)C(F)F)cc1F. The van der Waals surface area contributed by atoms with Crippen LogP contribution in [0, 0.1) is 5.82 Å². The van der Waals surface area contributed by atoms with E-state index in [-0.39, 0.29) is 5.69 Å². The Kier molecular flexibility index (Phi) is 4.61. The minimum Gasteiger partial charge on any atom is -0.324 e. The lowest BCUT2D eigenvalue weighted by atomic mass is 10.3. The molecule has 0 heterocycles. The standard InChI is InChI=1S/C10H8F5NO2S/c1-5(17)16-8-3-2-6(4-7(8)11)19(18)10(14,15)9(12)13/h2-4,9H,1H3,(H,16,17). The number of carbonyl (C=O) groups is 1. The largest absolute Gasteiger partial charge is 0.384 e. The monoisotopic (exact) mass is 301 g/mol. The number of hydrogen-bond acceptors (Lipinski definition) is 2. The van der Waals surface area contributed by atoms with Crippen LogP contribution < -0.4 is 5.32 Å². The van der Waals surface area contributed by atoms with E-state index in [2.05, 4.69) is 5.32 Å². The van der Waals surface area contributed by atoms with Gasteiger partial charge >= 0.3 is 11.7 Å². The molecule has 0 aliphatic heterocycles. The van der Waals surface area contributed by atoms with E-state index in [9.17, 15) is 31.0 Å². The van der Waals surface area contributed by atoms with Crippen LogP contribution in [0.25, 0.3) is 0 Å². The predicted octanol–water partition coefficient (Wildman–Crippen LogP) is 2.75. The number of alkyl halides is 4. The van der Waals surface area contributed by atoms with E-state index >= 15 is 0 Å². The molecule has 106 valence electrons. The van der Waals surface area contributed by atoms with Gasteiger partial charge in [-0.15, -0.1) is 0 Å². The average molecular weight is 301 g/mol. The van der Waals surface area contributed by atoms with Crippen molar-refractivity contribution in [1.82, 2.24) is 0 Å². The van der Waals surface area contributed by atoms with Gasteiger partial charge in [0.1, 0.15) is 16.6 Å². The molecule has 1 amide bonds. The molecule has 1 N–H and O–H groups in total. The minimum atomic E-state index is -4.78. The smallest absolute Gasteiger partial charge is 0.324 e. The molecule has 0 aliphatic carbocycles. The van der Waals surface area contributed by atoms with E-state index in [4.69, 9.17) is 0 Å². The lowest BCUT2D eigenvalue weighted by Crippen LogP contribution is -2.32. The van der Waals surface area contributed by atoms with Gasteiger partial charge in [-0.1, -0.05) is 0 Å². The highest BCUT2D eigenvalue weighted by Gasteiger charge is 2.48. The number of anilines is 1. The van der Waals surface area contributed by atoms with Gasteiger partial charge in [-0.2, -0.15) is 8.78 Å². The summed E-state index contributed by atoms with van der Waals surface area (Å²) >= 11 is 0. The highest BCUT2D eigenvalue weighted by Crippen LogP contribution is 2.32. The Balaban J connectivity index is 3.08. The van der Waals surface area contributed by atoms with Gasteiger partial charge in [0.25, 0.3) is 0 Å². The van der Waals surface area contributed by atoms with Crippen molar-refractivity contribution in [2.75, 3.05) is 5.32 Å². The van der Waals surface area contributed by atoms with Crippen molar-refractivity contribution >= 4 is 22.4 Å². The minimum absolute atomic E-state index is 0.325. The number of carbonyl (C=O) groups excluding carboxylic acids is 1. The van der Waals surface area contributed by atoms with Gasteiger partial charge < -0.3 is 5.32 Å². The summed E-state index contributed by atoms with van der Waals surface area (Å²) in [4.78, 5) is 9.88. The van der Waals surface area contributed by atoms with Gasteiger partial charge in [0.2, 0.25) is 5.91 Å². The number of amides is 1. The van der Waals surface area contributed by atoms with Crippen molar-refractivity contribution in [2.24, 2.45) is 0 Å². The van der Waals surface area contributed by atoms with Crippen LogP contribution in [0.2, 0.25) is 0 Å². The van der Waals surface area contributed by atoms with Crippen molar-refractivity contribution in [3.8, 4) is 0 Å². The van der Waals surface area contributed by atoms with E-state index in [1.54, 1.807) is 0 Å². The number of halogens is 5. The Bertz CT molecular complexity index is 521. The van der Waals surface area contributed by atoms with Crippen LogP contribution in [0.1, 0.15) is 6.92 Å². The van der Waals surface area contributed by atoms with Crippen LogP contribution in [0.5, 0.6) is 0 Å². The zero-order valence-corrected chi connectivity index (χ0v) is 10.2. The van der Waals surface area contributed by atoms with E-state index in [1.165, 1.54) is 0 Å². The van der Waals surface area contributed by atoms with Crippen LogP contribution in [0.4, 0.5) is 27.6 Å². The maximum absolute atomic E-state index is 13.4. The Hall–Kier alpha value is -1.51. The Labute approximate surface area is 107 Å². The predicted molar refractivity (Wildman–Crippen MR) is 58.1 cm³/mol. The van der Waals surface area contributed by atoms with Crippen LogP contribution in [-0.4, -0.2) is 21.8 Å². The van der Waals surface area contributed by atoms with Gasteiger partial charge in [0, 0.05) is 11.8 Å². The molecule has 3 nitrogen and oxygen atoms in total. The van der Waals surface area contributed by atoms with Crippen LogP contribution >= 0.6 is 0 Å². The lowest BCUT2D eigenvalue weighted by molar-refractivity contribution is -0.114. The summed E-state index contributed by atoms with van der Waals surface area (Å²) in [5.74, 6) is -1.75. The summed E-state index contributed by atoms with van der Waals surface area (Å²) in [6, 6.07) is 2.06. The summed E-state index contributed by atoms with van der Waals surface area (Å²) in [5.41, 5.74) is -0.325. The highest BCUT2D eigenvalue weighted by atomic mass is 32.2. The molecule has 1 unspecified atom stereocenters. The molecule has 0 spiro atoms. The fraction of sp³-hybridized carbons (Fsp3) is 0.300. The zero-order chi connectivity index (χ0) is 14.8. The Morgan fingerprint density at radius 1 is 1.37 bits per heavy atom.